The van der Waals surface area contributed by atoms with Gasteiger partial charge in [-0.3, -0.25) is 13.9 Å². The number of aryl methyl sites for hydroxylation is 3. The Morgan fingerprint density at radius 3 is 2.45 bits per heavy atom. The fourth-order valence-electron chi connectivity index (χ4n) is 4.34. The van der Waals surface area contributed by atoms with Gasteiger partial charge in [0.25, 0.3) is 5.56 Å². The highest BCUT2D eigenvalue weighted by atomic mass is 16.2. The van der Waals surface area contributed by atoms with Crippen LogP contribution in [0.5, 0.6) is 0 Å². The van der Waals surface area contributed by atoms with Crippen molar-refractivity contribution in [3.05, 3.63) is 50.2 Å². The van der Waals surface area contributed by atoms with Crippen molar-refractivity contribution in [1.29, 1.82) is 0 Å². The Bertz CT molecular complexity index is 1180. The molecule has 1 aliphatic heterocycles. The molecule has 1 aliphatic rings. The van der Waals surface area contributed by atoms with Gasteiger partial charge in [0.15, 0.2) is 11.2 Å². The maximum absolute atomic E-state index is 13.3. The van der Waals surface area contributed by atoms with E-state index in [1.807, 2.05) is 4.57 Å². The standard InChI is InChI=1S/C22H29N5O2/c1-6-7-8-25-20(28)18-19(24(5)22(25)29)23-21-26(12-16(4)13-27(18)21)17-10-14(2)9-15(3)11-17/h9-11,16H,6-8,12-13H2,1-5H3/t16-/m1/s1. The van der Waals surface area contributed by atoms with Crippen molar-refractivity contribution in [1.82, 2.24) is 18.7 Å². The fourth-order valence-corrected chi connectivity index (χ4v) is 4.34. The molecule has 0 bridgehead atoms. The quantitative estimate of drug-likeness (QED) is 0.681. The third kappa shape index (κ3) is 3.18. The smallest absolute Gasteiger partial charge is 0.312 e. The van der Waals surface area contributed by atoms with Crippen molar-refractivity contribution in [2.45, 2.75) is 53.6 Å². The zero-order chi connectivity index (χ0) is 20.9. The van der Waals surface area contributed by atoms with E-state index in [1.54, 1.807) is 7.05 Å². The molecule has 0 amide bonds. The van der Waals surface area contributed by atoms with Gasteiger partial charge >= 0.3 is 5.69 Å². The number of rotatable bonds is 4. The summed E-state index contributed by atoms with van der Waals surface area (Å²) in [6.07, 6.45) is 1.72. The van der Waals surface area contributed by atoms with Crippen LogP contribution in [0.1, 0.15) is 37.8 Å². The van der Waals surface area contributed by atoms with Crippen LogP contribution < -0.4 is 16.1 Å². The highest BCUT2D eigenvalue weighted by molar-refractivity contribution is 5.77. The SMILES string of the molecule is CCCCn1c(=O)c2c(nc3n2C[C@H](C)CN3c2cc(C)cc(C)c2)n(C)c1=O. The van der Waals surface area contributed by atoms with Crippen LogP contribution in [0.2, 0.25) is 0 Å². The second-order valence-corrected chi connectivity index (χ2v) is 8.41. The van der Waals surface area contributed by atoms with E-state index >= 15 is 0 Å². The van der Waals surface area contributed by atoms with Crippen molar-refractivity contribution in [2.24, 2.45) is 13.0 Å². The molecule has 7 nitrogen and oxygen atoms in total. The average Bonchev–Trinajstić information content (AvgIpc) is 3.04. The Balaban J connectivity index is 1.98. The molecule has 0 saturated carbocycles. The van der Waals surface area contributed by atoms with Gasteiger partial charge in [0.05, 0.1) is 0 Å². The molecule has 7 heteroatoms. The molecule has 3 aromatic rings. The minimum Gasteiger partial charge on any atom is -0.312 e. The molecule has 0 radical (unpaired) electrons. The summed E-state index contributed by atoms with van der Waals surface area (Å²) < 4.78 is 4.88. The Labute approximate surface area is 170 Å². The first kappa shape index (κ1) is 19.5. The van der Waals surface area contributed by atoms with Crippen molar-refractivity contribution in [2.75, 3.05) is 11.4 Å². The van der Waals surface area contributed by atoms with E-state index in [2.05, 4.69) is 50.8 Å². The first-order valence-electron chi connectivity index (χ1n) is 10.4. The molecule has 4 rings (SSSR count). The van der Waals surface area contributed by atoms with Gasteiger partial charge in [-0.1, -0.05) is 26.3 Å². The lowest BCUT2D eigenvalue weighted by Gasteiger charge is -2.33. The Kier molecular flexibility index (Phi) is 4.84. The van der Waals surface area contributed by atoms with Crippen molar-refractivity contribution in [3.8, 4) is 0 Å². The summed E-state index contributed by atoms with van der Waals surface area (Å²) in [6.45, 7) is 10.4. The maximum atomic E-state index is 13.3. The van der Waals surface area contributed by atoms with E-state index in [-0.39, 0.29) is 11.2 Å². The predicted octanol–water partition coefficient (Wildman–Crippen LogP) is 3.10. The first-order valence-corrected chi connectivity index (χ1v) is 10.4. The van der Waals surface area contributed by atoms with Crippen molar-refractivity contribution >= 4 is 22.8 Å². The Morgan fingerprint density at radius 2 is 1.79 bits per heavy atom. The Morgan fingerprint density at radius 1 is 1.10 bits per heavy atom. The highest BCUT2D eigenvalue weighted by Crippen LogP contribution is 2.33. The number of benzene rings is 1. The van der Waals surface area contributed by atoms with Crippen LogP contribution in [-0.4, -0.2) is 25.2 Å². The van der Waals surface area contributed by atoms with Gasteiger partial charge in [-0.2, -0.15) is 4.98 Å². The lowest BCUT2D eigenvalue weighted by atomic mass is 10.1. The molecule has 1 aromatic carbocycles. The van der Waals surface area contributed by atoms with Gasteiger partial charge in [-0.25, -0.2) is 4.79 Å². The Hall–Kier alpha value is -2.83. The number of aromatic nitrogens is 4. The summed E-state index contributed by atoms with van der Waals surface area (Å²) in [5.74, 6) is 1.09. The minimum atomic E-state index is -0.294. The third-order valence-electron chi connectivity index (χ3n) is 5.70. The fraction of sp³-hybridized carbons (Fsp3) is 0.500. The van der Waals surface area contributed by atoms with Crippen LogP contribution in [0.25, 0.3) is 11.2 Å². The molecule has 29 heavy (non-hydrogen) atoms. The van der Waals surface area contributed by atoms with Crippen LogP contribution in [0.15, 0.2) is 27.8 Å². The summed E-state index contributed by atoms with van der Waals surface area (Å²) >= 11 is 0. The highest BCUT2D eigenvalue weighted by Gasteiger charge is 2.29. The number of nitrogens with zero attached hydrogens (tertiary/aromatic N) is 5. The molecule has 154 valence electrons. The number of anilines is 2. The van der Waals surface area contributed by atoms with E-state index in [1.165, 1.54) is 20.3 Å². The average molecular weight is 396 g/mol. The van der Waals surface area contributed by atoms with Gasteiger partial charge < -0.3 is 9.47 Å². The lowest BCUT2D eigenvalue weighted by molar-refractivity contribution is 0.457. The molecule has 0 N–H and O–H groups in total. The molecular weight excluding hydrogens is 366 g/mol. The van der Waals surface area contributed by atoms with Crippen LogP contribution in [0.4, 0.5) is 11.6 Å². The summed E-state index contributed by atoms with van der Waals surface area (Å²) in [7, 11) is 1.70. The summed E-state index contributed by atoms with van der Waals surface area (Å²) in [5.41, 5.74) is 3.92. The molecule has 0 unspecified atom stereocenters. The predicted molar refractivity (Wildman–Crippen MR) is 116 cm³/mol. The molecule has 2 aromatic heterocycles. The monoisotopic (exact) mass is 395 g/mol. The first-order chi connectivity index (χ1) is 13.8. The van der Waals surface area contributed by atoms with Gasteiger partial charge in [-0.05, 0) is 49.4 Å². The lowest BCUT2D eigenvalue weighted by Crippen LogP contribution is -2.40. The molecule has 1 atom stereocenters. The van der Waals surface area contributed by atoms with Crippen LogP contribution in [-0.2, 0) is 20.1 Å². The minimum absolute atomic E-state index is 0.232. The van der Waals surface area contributed by atoms with Crippen LogP contribution >= 0.6 is 0 Å². The second-order valence-electron chi connectivity index (χ2n) is 8.41. The van der Waals surface area contributed by atoms with E-state index in [0.717, 1.165) is 31.0 Å². The zero-order valence-corrected chi connectivity index (χ0v) is 17.9. The van der Waals surface area contributed by atoms with Crippen molar-refractivity contribution in [3.63, 3.8) is 0 Å². The normalized spacial score (nSPS) is 16.4. The topological polar surface area (TPSA) is 65.1 Å². The molecule has 0 fully saturated rings. The molecule has 0 saturated heterocycles. The van der Waals surface area contributed by atoms with Crippen molar-refractivity contribution < 1.29 is 0 Å². The van der Waals surface area contributed by atoms with Gasteiger partial charge in [0.1, 0.15) is 0 Å². The zero-order valence-electron chi connectivity index (χ0n) is 17.9. The number of imidazole rings is 1. The van der Waals surface area contributed by atoms with Crippen LogP contribution in [0.3, 0.4) is 0 Å². The van der Waals surface area contributed by atoms with E-state index in [4.69, 9.17) is 4.98 Å². The van der Waals surface area contributed by atoms with E-state index in [9.17, 15) is 9.59 Å². The molecule has 3 heterocycles. The second kappa shape index (κ2) is 7.21. The summed E-state index contributed by atoms with van der Waals surface area (Å²) in [5, 5.41) is 0. The third-order valence-corrected chi connectivity index (χ3v) is 5.70. The molecule has 0 spiro atoms. The maximum Gasteiger partial charge on any atom is 0.332 e. The number of unbranched alkanes of at least 4 members (excludes halogenated alkanes) is 1. The summed E-state index contributed by atoms with van der Waals surface area (Å²) in [4.78, 5) is 33.0. The number of hydrogen-bond acceptors (Lipinski definition) is 4. The van der Waals surface area contributed by atoms with Gasteiger partial charge in [0, 0.05) is 32.4 Å². The molecule has 0 aliphatic carbocycles. The number of fused-ring (bicyclic) bond motifs is 3. The van der Waals surface area contributed by atoms with E-state index < -0.39 is 0 Å². The van der Waals surface area contributed by atoms with Crippen LogP contribution in [0, 0.1) is 19.8 Å². The number of hydrogen-bond donors (Lipinski definition) is 0. The van der Waals surface area contributed by atoms with E-state index in [0.29, 0.717) is 30.2 Å². The largest absolute Gasteiger partial charge is 0.332 e. The molecular formula is C22H29N5O2. The van der Waals surface area contributed by atoms with Gasteiger partial charge in [-0.15, -0.1) is 0 Å². The van der Waals surface area contributed by atoms with Gasteiger partial charge in [0.2, 0.25) is 5.95 Å². The summed E-state index contributed by atoms with van der Waals surface area (Å²) in [6, 6.07) is 6.44.